The van der Waals surface area contributed by atoms with Gasteiger partial charge < -0.3 is 84.6 Å². The van der Waals surface area contributed by atoms with Gasteiger partial charge in [0.05, 0.1) is 30.1 Å². The first-order valence-corrected chi connectivity index (χ1v) is 23.9. The molecule has 7 fully saturated rings. The van der Waals surface area contributed by atoms with Crippen LogP contribution in [0.3, 0.4) is 0 Å². The number of fused-ring (bicyclic) bond motifs is 7. The lowest BCUT2D eigenvalue weighted by atomic mass is 9.33. The average molecular weight is 957 g/mol. The summed E-state index contributed by atoms with van der Waals surface area (Å²) in [7, 11) is 0. The van der Waals surface area contributed by atoms with Crippen molar-refractivity contribution in [3.05, 3.63) is 11.6 Å². The zero-order valence-electron chi connectivity index (χ0n) is 39.0. The van der Waals surface area contributed by atoms with Crippen LogP contribution in [-0.2, 0) is 42.8 Å². The normalized spacial score (nSPS) is 52.9. The predicted octanol–water partition coefficient (Wildman–Crippen LogP) is -0.0634. The molecular weight excluding hydrogens is 884 g/mol. The second kappa shape index (κ2) is 17.7. The molecule has 67 heavy (non-hydrogen) atoms. The van der Waals surface area contributed by atoms with Crippen LogP contribution >= 0.6 is 0 Å². The van der Waals surface area contributed by atoms with Crippen LogP contribution in [0.1, 0.15) is 106 Å². The summed E-state index contributed by atoms with van der Waals surface area (Å²) in [4.78, 5) is 40.8. The quantitative estimate of drug-likeness (QED) is 0.0819. The van der Waals surface area contributed by atoms with Crippen molar-refractivity contribution in [2.45, 2.75) is 198 Å². The first-order chi connectivity index (χ1) is 31.2. The number of carboxylic acids is 2. The molecule has 20 nitrogen and oxygen atoms in total. The van der Waals surface area contributed by atoms with Crippen LogP contribution in [0.2, 0.25) is 0 Å². The van der Waals surface area contributed by atoms with E-state index in [-0.39, 0.29) is 29.1 Å². The van der Waals surface area contributed by atoms with Gasteiger partial charge in [-0.15, -0.1) is 0 Å². The molecule has 8 rings (SSSR count). The number of allylic oxidation sites excluding steroid dienone is 2. The number of ether oxygens (including phenoxy) is 6. The number of esters is 1. The van der Waals surface area contributed by atoms with E-state index >= 15 is 0 Å². The fourth-order valence-corrected chi connectivity index (χ4v) is 14.7. The molecule has 20 heteroatoms. The van der Waals surface area contributed by atoms with Crippen LogP contribution < -0.4 is 0 Å². The van der Waals surface area contributed by atoms with E-state index in [4.69, 9.17) is 28.4 Å². The highest BCUT2D eigenvalue weighted by Gasteiger charge is 2.72. The molecule has 3 aliphatic heterocycles. The van der Waals surface area contributed by atoms with Crippen LogP contribution in [-0.4, -0.2) is 179 Å². The molecule has 0 aromatic heterocycles. The van der Waals surface area contributed by atoms with E-state index in [0.717, 1.165) is 12.0 Å². The summed E-state index contributed by atoms with van der Waals surface area (Å²) < 4.78 is 35.0. The topological polar surface area (TPSA) is 329 Å². The molecule has 0 radical (unpaired) electrons. The summed E-state index contributed by atoms with van der Waals surface area (Å²) >= 11 is 0. The summed E-state index contributed by atoms with van der Waals surface area (Å²) in [5.74, 6) is -4.15. The Kier molecular flexibility index (Phi) is 13.5. The molecular formula is C47H72O20. The van der Waals surface area contributed by atoms with Crippen molar-refractivity contribution in [2.75, 3.05) is 13.2 Å². The standard InChI is InChI=1S/C47H72O20/c1-42(2)13-15-47(41(61)67-38-33(56)29(52)28(51)23(18-48)63-38)16-14-44(4)20(21(47)17-42)7-8-24-43(3)11-10-26(46(6,40(59)60)25(43)9-12-45(24,44)5)64-39-35(31(54)30(53)34(65-39)36(57)58)66-37-32(55)27(50)22(49)19-62-37/h7,21-35,37-39,48-56H,8-19H2,1-6H3,(H,57,58)(H,59,60)/t21-,22+,23+,24+,25+,26-,27-,28+,29-,30-,31-,32+,33+,34-,35+,37-,38-,39+,43+,44+,45+,46-,47-/m0/s1. The minimum atomic E-state index is -2.04. The Bertz CT molecular complexity index is 1930. The number of aliphatic hydroxyl groups is 9. The van der Waals surface area contributed by atoms with Crippen LogP contribution in [0.15, 0.2) is 11.6 Å². The van der Waals surface area contributed by atoms with Gasteiger partial charge in [-0.3, -0.25) is 9.59 Å². The number of carbonyl (C=O) groups is 3. The molecule has 4 saturated carbocycles. The Morgan fingerprint density at radius 1 is 0.701 bits per heavy atom. The molecule has 23 atom stereocenters. The fraction of sp³-hybridized carbons (Fsp3) is 0.894. The molecule has 0 bridgehead atoms. The van der Waals surface area contributed by atoms with Crippen molar-refractivity contribution in [1.29, 1.82) is 0 Å². The van der Waals surface area contributed by atoms with Crippen molar-refractivity contribution in [1.82, 2.24) is 0 Å². The number of hydrogen-bond donors (Lipinski definition) is 11. The van der Waals surface area contributed by atoms with Gasteiger partial charge in [-0.2, -0.15) is 0 Å². The van der Waals surface area contributed by atoms with Gasteiger partial charge >= 0.3 is 17.9 Å². The van der Waals surface area contributed by atoms with Gasteiger partial charge in [0, 0.05) is 0 Å². The lowest BCUT2D eigenvalue weighted by molar-refractivity contribution is -0.365. The predicted molar refractivity (Wildman–Crippen MR) is 227 cm³/mol. The van der Waals surface area contributed by atoms with Crippen molar-refractivity contribution in [3.63, 3.8) is 0 Å². The highest BCUT2D eigenvalue weighted by atomic mass is 16.8. The van der Waals surface area contributed by atoms with Crippen LogP contribution in [0.5, 0.6) is 0 Å². The maximum Gasteiger partial charge on any atom is 0.335 e. The van der Waals surface area contributed by atoms with Gasteiger partial charge in [0.25, 0.3) is 0 Å². The molecule has 0 aromatic rings. The summed E-state index contributed by atoms with van der Waals surface area (Å²) in [6.45, 7) is 11.5. The number of aliphatic carboxylic acids is 2. The summed E-state index contributed by atoms with van der Waals surface area (Å²) in [5, 5.41) is 116. The first-order valence-electron chi connectivity index (χ1n) is 23.9. The Balaban J connectivity index is 1.08. The van der Waals surface area contributed by atoms with E-state index in [1.165, 1.54) is 0 Å². The Morgan fingerprint density at radius 3 is 2.03 bits per heavy atom. The van der Waals surface area contributed by atoms with Gasteiger partial charge in [0.15, 0.2) is 18.7 Å². The second-order valence-corrected chi connectivity index (χ2v) is 22.8. The van der Waals surface area contributed by atoms with Crippen LogP contribution in [0.25, 0.3) is 0 Å². The fourth-order valence-electron chi connectivity index (χ4n) is 14.7. The molecule has 0 amide bonds. The number of carboxylic acid groups (broad SMARTS) is 2. The Morgan fingerprint density at radius 2 is 1.37 bits per heavy atom. The van der Waals surface area contributed by atoms with E-state index < -0.39 is 151 Å². The largest absolute Gasteiger partial charge is 0.481 e. The molecule has 3 saturated heterocycles. The van der Waals surface area contributed by atoms with Crippen molar-refractivity contribution >= 4 is 17.9 Å². The molecule has 3 heterocycles. The zero-order chi connectivity index (χ0) is 49.1. The third-order valence-corrected chi connectivity index (χ3v) is 19.0. The third kappa shape index (κ3) is 7.82. The molecule has 380 valence electrons. The van der Waals surface area contributed by atoms with E-state index in [1.807, 2.05) is 0 Å². The van der Waals surface area contributed by atoms with Gasteiger partial charge in [0.1, 0.15) is 61.0 Å². The monoisotopic (exact) mass is 956 g/mol. The van der Waals surface area contributed by atoms with E-state index in [9.17, 15) is 70.6 Å². The van der Waals surface area contributed by atoms with Crippen LogP contribution in [0.4, 0.5) is 0 Å². The molecule has 8 aliphatic rings. The molecule has 0 spiro atoms. The van der Waals surface area contributed by atoms with E-state index in [1.54, 1.807) is 6.92 Å². The maximum absolute atomic E-state index is 14.7. The Labute approximate surface area is 389 Å². The smallest absolute Gasteiger partial charge is 0.335 e. The van der Waals surface area contributed by atoms with E-state index in [2.05, 4.69) is 40.7 Å². The van der Waals surface area contributed by atoms with Gasteiger partial charge in [-0.1, -0.05) is 46.3 Å². The number of carbonyl (C=O) groups excluding carboxylic acids is 1. The number of hydrogen-bond acceptors (Lipinski definition) is 18. The Hall–Kier alpha value is -2.41. The molecule has 5 aliphatic carbocycles. The SMILES string of the molecule is CC1(C)CC[C@]2(C(=O)O[C@@H]3O[C@H](CO)[C@@H](O)[C@H](O)[C@H]3O)CC[C@]3(C)C(=CC[C@@H]4[C@@]5(C)CC[C@H](O[C@@H]6O[C@H](C(=O)O)[C@@H](O)[C@H](O)[C@H]6O[C@@H]6OC[C@@H](O)[C@H](O)[C@H]6O)[C@@](C)(C(=O)O)[C@@H]5CC[C@]43C)[C@@H]2C1. The molecule has 11 N–H and O–H groups in total. The van der Waals surface area contributed by atoms with Crippen LogP contribution in [0, 0.1) is 50.2 Å². The minimum absolute atomic E-state index is 0.0422. The molecule has 0 aromatic carbocycles. The first kappa shape index (κ1) is 51.0. The number of rotatable bonds is 9. The van der Waals surface area contributed by atoms with Gasteiger partial charge in [0.2, 0.25) is 6.29 Å². The minimum Gasteiger partial charge on any atom is -0.481 e. The lowest BCUT2D eigenvalue weighted by Crippen LogP contribution is -2.68. The maximum atomic E-state index is 14.7. The highest BCUT2D eigenvalue weighted by molar-refractivity contribution is 5.79. The van der Waals surface area contributed by atoms with E-state index in [0.29, 0.717) is 51.4 Å². The van der Waals surface area contributed by atoms with Crippen molar-refractivity contribution in [2.24, 2.45) is 50.2 Å². The zero-order valence-corrected chi connectivity index (χ0v) is 39.0. The second-order valence-electron chi connectivity index (χ2n) is 22.8. The number of aliphatic hydroxyl groups excluding tert-OH is 9. The van der Waals surface area contributed by atoms with Crippen molar-refractivity contribution in [3.8, 4) is 0 Å². The summed E-state index contributed by atoms with van der Waals surface area (Å²) in [5.41, 5.74) is -3.01. The lowest BCUT2D eigenvalue weighted by Gasteiger charge is -2.71. The van der Waals surface area contributed by atoms with Gasteiger partial charge in [-0.25, -0.2) is 4.79 Å². The summed E-state index contributed by atoms with van der Waals surface area (Å²) in [6, 6.07) is 0. The average Bonchev–Trinajstić information content (AvgIpc) is 3.26. The van der Waals surface area contributed by atoms with Gasteiger partial charge in [-0.05, 0) is 111 Å². The summed E-state index contributed by atoms with van der Waals surface area (Å²) in [6.07, 6.45) is -17.8. The van der Waals surface area contributed by atoms with Crippen molar-refractivity contribution < 1.29 is 99.0 Å². The highest BCUT2D eigenvalue weighted by Crippen LogP contribution is 2.76. The third-order valence-electron chi connectivity index (χ3n) is 19.0. The molecule has 0 unspecified atom stereocenters.